The molecule has 11 heteroatoms. The minimum Gasteiger partial charge on any atom is -0.328 e. The number of nitro groups is 1. The summed E-state index contributed by atoms with van der Waals surface area (Å²) in [5.41, 5.74) is 2.73. The van der Waals surface area contributed by atoms with Crippen molar-refractivity contribution in [2.24, 2.45) is 7.05 Å². The largest absolute Gasteiger partial charge is 0.328 e. The summed E-state index contributed by atoms with van der Waals surface area (Å²) >= 11 is 1.24. The molecule has 1 aliphatic rings. The highest BCUT2D eigenvalue weighted by Crippen LogP contribution is 2.33. The third kappa shape index (κ3) is 5.19. The Balaban J connectivity index is 1.42. The molecule has 0 bridgehead atoms. The molecule has 4 rings (SSSR count). The maximum atomic E-state index is 13.2. The van der Waals surface area contributed by atoms with Crippen molar-refractivity contribution in [2.75, 3.05) is 17.6 Å². The van der Waals surface area contributed by atoms with Gasteiger partial charge in [-0.05, 0) is 49.9 Å². The van der Waals surface area contributed by atoms with E-state index in [1.54, 1.807) is 6.92 Å². The second kappa shape index (κ2) is 10.3. The minimum atomic E-state index is -0.472. The molecule has 35 heavy (non-hydrogen) atoms. The lowest BCUT2D eigenvalue weighted by atomic mass is 10.1. The summed E-state index contributed by atoms with van der Waals surface area (Å²) in [6, 6.07) is 11.7. The van der Waals surface area contributed by atoms with Gasteiger partial charge in [-0.25, -0.2) is 0 Å². The number of nitrogens with zero attached hydrogens (tertiary/aromatic N) is 5. The summed E-state index contributed by atoms with van der Waals surface area (Å²) in [7, 11) is 1.84. The van der Waals surface area contributed by atoms with Crippen LogP contribution in [-0.2, 0) is 11.8 Å². The molecule has 2 aromatic carbocycles. The number of hydrogen-bond acceptors (Lipinski definition) is 7. The molecule has 1 fully saturated rings. The van der Waals surface area contributed by atoms with Gasteiger partial charge >= 0.3 is 0 Å². The first-order chi connectivity index (χ1) is 16.8. The zero-order valence-corrected chi connectivity index (χ0v) is 20.5. The Morgan fingerprint density at radius 1 is 1.17 bits per heavy atom. The number of nitro benzene ring substituents is 1. The minimum absolute atomic E-state index is 0.0133. The van der Waals surface area contributed by atoms with Gasteiger partial charge in [-0.1, -0.05) is 30.0 Å². The van der Waals surface area contributed by atoms with E-state index in [1.807, 2.05) is 47.7 Å². The van der Waals surface area contributed by atoms with Gasteiger partial charge < -0.3 is 14.8 Å². The molecule has 0 aliphatic carbocycles. The lowest BCUT2D eigenvalue weighted by molar-refractivity contribution is -0.384. The van der Waals surface area contributed by atoms with Crippen LogP contribution >= 0.6 is 11.8 Å². The standard InChI is InChI=1S/C24H26N6O4S/c1-15-7-4-5-8-18(15)23(32)29-12-6-9-20(29)22-26-27-24(28(22)3)35-14-21(31)25-19-11-10-17(30(33)34)13-16(19)2/h4-5,7-8,10-11,13,20H,6,9,12,14H2,1-3H3,(H,25,31). The SMILES string of the molecule is Cc1cc([N+](=O)[O-])ccc1NC(=O)CSc1nnc(C2CCCN2C(=O)c2ccccc2C)n1C. The van der Waals surface area contributed by atoms with E-state index in [4.69, 9.17) is 0 Å². The predicted octanol–water partition coefficient (Wildman–Crippen LogP) is 4.05. The normalized spacial score (nSPS) is 15.3. The van der Waals surface area contributed by atoms with E-state index < -0.39 is 4.92 Å². The van der Waals surface area contributed by atoms with Gasteiger partial charge in [-0.15, -0.1) is 10.2 Å². The highest BCUT2D eigenvalue weighted by atomic mass is 32.2. The highest BCUT2D eigenvalue weighted by Gasteiger charge is 2.34. The topological polar surface area (TPSA) is 123 Å². The summed E-state index contributed by atoms with van der Waals surface area (Å²) in [5.74, 6) is 0.520. The van der Waals surface area contributed by atoms with Crippen molar-refractivity contribution in [2.45, 2.75) is 37.9 Å². The Labute approximate surface area is 206 Å². The zero-order chi connectivity index (χ0) is 25.1. The number of benzene rings is 2. The number of non-ortho nitro benzene ring substituents is 1. The average molecular weight is 495 g/mol. The molecule has 1 saturated heterocycles. The first kappa shape index (κ1) is 24.4. The number of thioether (sulfide) groups is 1. The number of anilines is 1. The van der Waals surface area contributed by atoms with Crippen LogP contribution in [0.1, 0.15) is 46.2 Å². The van der Waals surface area contributed by atoms with Crippen LogP contribution in [-0.4, -0.2) is 48.7 Å². The van der Waals surface area contributed by atoms with E-state index in [1.165, 1.54) is 30.0 Å². The number of likely N-dealkylation sites (tertiary alicyclic amines) is 1. The van der Waals surface area contributed by atoms with Crippen LogP contribution in [0.4, 0.5) is 11.4 Å². The molecular weight excluding hydrogens is 468 g/mol. The third-order valence-corrected chi connectivity index (χ3v) is 7.10. The molecule has 0 saturated carbocycles. The smallest absolute Gasteiger partial charge is 0.269 e. The van der Waals surface area contributed by atoms with Gasteiger partial charge in [0, 0.05) is 37.0 Å². The van der Waals surface area contributed by atoms with E-state index in [2.05, 4.69) is 15.5 Å². The van der Waals surface area contributed by atoms with Crippen molar-refractivity contribution in [3.05, 3.63) is 75.1 Å². The molecule has 1 atom stereocenters. The van der Waals surface area contributed by atoms with E-state index in [9.17, 15) is 19.7 Å². The Morgan fingerprint density at radius 2 is 1.94 bits per heavy atom. The van der Waals surface area contributed by atoms with E-state index >= 15 is 0 Å². The predicted molar refractivity (Wildman–Crippen MR) is 132 cm³/mol. The van der Waals surface area contributed by atoms with Crippen LogP contribution in [0, 0.1) is 24.0 Å². The molecule has 182 valence electrons. The summed E-state index contributed by atoms with van der Waals surface area (Å²) in [6.45, 7) is 4.29. The second-order valence-electron chi connectivity index (χ2n) is 8.46. The molecule has 1 aliphatic heterocycles. The van der Waals surface area contributed by atoms with Crippen molar-refractivity contribution < 1.29 is 14.5 Å². The summed E-state index contributed by atoms with van der Waals surface area (Å²) in [4.78, 5) is 38.0. The van der Waals surface area contributed by atoms with Gasteiger partial charge in [0.25, 0.3) is 11.6 Å². The number of nitrogens with one attached hydrogen (secondary N) is 1. The third-order valence-electron chi connectivity index (χ3n) is 6.08. The van der Waals surface area contributed by atoms with Gasteiger partial charge in [0.05, 0.1) is 16.7 Å². The molecule has 1 aromatic heterocycles. The Bertz CT molecular complexity index is 1290. The number of rotatable bonds is 7. The van der Waals surface area contributed by atoms with Gasteiger partial charge in [-0.2, -0.15) is 0 Å². The van der Waals surface area contributed by atoms with Crippen molar-refractivity contribution >= 4 is 35.0 Å². The van der Waals surface area contributed by atoms with Crippen LogP contribution in [0.3, 0.4) is 0 Å². The molecular formula is C24H26N6O4S. The van der Waals surface area contributed by atoms with Crippen LogP contribution < -0.4 is 5.32 Å². The average Bonchev–Trinajstić information content (AvgIpc) is 3.45. The van der Waals surface area contributed by atoms with Gasteiger partial charge in [0.1, 0.15) is 0 Å². The molecule has 3 aromatic rings. The molecule has 1 N–H and O–H groups in total. The van der Waals surface area contributed by atoms with Crippen molar-refractivity contribution in [1.82, 2.24) is 19.7 Å². The number of carbonyl (C=O) groups excluding carboxylic acids is 2. The lowest BCUT2D eigenvalue weighted by Crippen LogP contribution is -2.32. The lowest BCUT2D eigenvalue weighted by Gasteiger charge is -2.24. The summed E-state index contributed by atoms with van der Waals surface area (Å²) < 4.78 is 1.84. The monoisotopic (exact) mass is 494 g/mol. The van der Waals surface area contributed by atoms with Crippen molar-refractivity contribution in [3.8, 4) is 0 Å². The molecule has 2 amide bonds. The second-order valence-corrected chi connectivity index (χ2v) is 9.41. The number of hydrogen-bond donors (Lipinski definition) is 1. The van der Waals surface area contributed by atoms with E-state index in [0.717, 1.165) is 18.4 Å². The van der Waals surface area contributed by atoms with Crippen LogP contribution in [0.5, 0.6) is 0 Å². The Hall–Kier alpha value is -3.73. The number of amides is 2. The fraction of sp³-hybridized carbons (Fsp3) is 0.333. The molecule has 0 spiro atoms. The van der Waals surface area contributed by atoms with Gasteiger partial charge in [0.2, 0.25) is 5.91 Å². The van der Waals surface area contributed by atoms with Crippen LogP contribution in [0.15, 0.2) is 47.6 Å². The number of aryl methyl sites for hydroxylation is 2. The highest BCUT2D eigenvalue weighted by molar-refractivity contribution is 7.99. The van der Waals surface area contributed by atoms with Crippen molar-refractivity contribution in [1.29, 1.82) is 0 Å². The van der Waals surface area contributed by atoms with Gasteiger partial charge in [-0.3, -0.25) is 19.7 Å². The fourth-order valence-corrected chi connectivity index (χ4v) is 4.92. The maximum Gasteiger partial charge on any atom is 0.269 e. The number of aromatic nitrogens is 3. The Morgan fingerprint density at radius 3 is 2.66 bits per heavy atom. The first-order valence-electron chi connectivity index (χ1n) is 11.2. The van der Waals surface area contributed by atoms with E-state index in [-0.39, 0.29) is 29.3 Å². The first-order valence-corrected chi connectivity index (χ1v) is 12.2. The number of carbonyl (C=O) groups is 2. The molecule has 2 heterocycles. The van der Waals surface area contributed by atoms with Crippen molar-refractivity contribution in [3.63, 3.8) is 0 Å². The maximum absolute atomic E-state index is 13.2. The fourth-order valence-electron chi connectivity index (χ4n) is 4.21. The van der Waals surface area contributed by atoms with Crippen LogP contribution in [0.2, 0.25) is 0 Å². The molecule has 1 unspecified atom stereocenters. The summed E-state index contributed by atoms with van der Waals surface area (Å²) in [5, 5.41) is 22.9. The molecule has 10 nitrogen and oxygen atoms in total. The summed E-state index contributed by atoms with van der Waals surface area (Å²) in [6.07, 6.45) is 1.68. The molecule has 0 radical (unpaired) electrons. The quantitative estimate of drug-likeness (QED) is 0.299. The van der Waals surface area contributed by atoms with Gasteiger partial charge in [0.15, 0.2) is 11.0 Å². The zero-order valence-electron chi connectivity index (χ0n) is 19.7. The van der Waals surface area contributed by atoms with E-state index in [0.29, 0.717) is 34.3 Å². The van der Waals surface area contributed by atoms with Crippen LogP contribution in [0.25, 0.3) is 0 Å². The Kier molecular flexibility index (Phi) is 7.15.